The second kappa shape index (κ2) is 29.1. The number of methoxy groups -OCH3 is 4. The van der Waals surface area contributed by atoms with Gasteiger partial charge in [-0.25, -0.2) is 19.6 Å². The summed E-state index contributed by atoms with van der Waals surface area (Å²) in [7, 11) is 5.06. The number of benzene rings is 2. The summed E-state index contributed by atoms with van der Waals surface area (Å²) in [4.78, 5) is 31.1. The first kappa shape index (κ1) is 56.7. The van der Waals surface area contributed by atoms with Crippen LogP contribution in [0.5, 0.6) is 23.3 Å². The fourth-order valence-corrected chi connectivity index (χ4v) is 4.21. The van der Waals surface area contributed by atoms with Crippen LogP contribution in [-0.2, 0) is 45.8 Å². The van der Waals surface area contributed by atoms with E-state index in [4.69, 9.17) is 30.5 Å². The molecule has 4 rings (SSSR count). The van der Waals surface area contributed by atoms with Crippen LogP contribution in [0.3, 0.4) is 0 Å². The molecule has 0 amide bonds. The third kappa shape index (κ3) is 20.9. The Hall–Kier alpha value is -2.27. The third-order valence-corrected chi connectivity index (χ3v) is 6.42. The van der Waals surface area contributed by atoms with Gasteiger partial charge in [-0.15, -0.1) is 0 Å². The summed E-state index contributed by atoms with van der Waals surface area (Å²) >= 11 is 15.3. The molecule has 59 heavy (non-hydrogen) atoms. The molecule has 0 bridgehead atoms. The number of pyridine rings is 2. The van der Waals surface area contributed by atoms with Crippen molar-refractivity contribution < 1.29 is 69.3 Å². The number of aromatic nitrogens is 2. The molecule has 10 nitrogen and oxygen atoms in total. The van der Waals surface area contributed by atoms with Gasteiger partial charge in [-0.3, -0.25) is 0 Å². The summed E-state index contributed by atoms with van der Waals surface area (Å²) in [5, 5.41) is -0.382. The van der Waals surface area contributed by atoms with E-state index in [2.05, 4.69) is 109 Å². The summed E-state index contributed by atoms with van der Waals surface area (Å²) in [6.07, 6.45) is -5.84. The Bertz CT molecular complexity index is 1990. The molecule has 22 heteroatoms. The zero-order chi connectivity index (χ0) is 44.1. The second-order valence-corrected chi connectivity index (χ2v) is 47.4. The molecule has 0 N–H and O–H groups in total. The van der Waals surface area contributed by atoms with Crippen molar-refractivity contribution in [2.24, 2.45) is 0 Å². The van der Waals surface area contributed by atoms with Gasteiger partial charge in [-0.1, -0.05) is 77.5 Å². The SMILES string of the molecule is CCI.CO/C=C(/C(=O)OC)c1ccccc1Oc1cc(C(F)(F)F)cc(Cl)n1.CO/C=C(/C(=O)OC)c1ccccc1Oc1cc(C(F)(F)F)ccn1.[CH3-].[I][V]([I])[I]. The number of esters is 2. The van der Waals surface area contributed by atoms with Gasteiger partial charge in [0.2, 0.25) is 11.8 Å². The van der Waals surface area contributed by atoms with Crippen molar-refractivity contribution >= 4 is 117 Å². The number of nitrogens with zero attached hydrogens (tertiary/aromatic N) is 2. The molecule has 2 aromatic heterocycles. The molecule has 0 aliphatic carbocycles. The Morgan fingerprint density at radius 1 is 0.712 bits per heavy atom. The molecule has 0 saturated heterocycles. The van der Waals surface area contributed by atoms with E-state index in [1.807, 2.05) is 0 Å². The topological polar surface area (TPSA) is 115 Å². The molecule has 324 valence electrons. The van der Waals surface area contributed by atoms with E-state index in [0.717, 1.165) is 30.9 Å². The van der Waals surface area contributed by atoms with E-state index in [9.17, 15) is 35.9 Å². The Morgan fingerprint density at radius 2 is 1.10 bits per heavy atom. The Morgan fingerprint density at radius 3 is 1.49 bits per heavy atom. The quantitative estimate of drug-likeness (QED) is 0.0222. The molecular formula is C37H35ClF6I4N2O8V-. The van der Waals surface area contributed by atoms with E-state index < -0.39 is 35.4 Å². The molecule has 2 heterocycles. The Balaban J connectivity index is 0.000000970. The minimum absolute atomic E-state index is 0. The molecular weight excluding hydrogens is 1310 g/mol. The molecule has 0 aliphatic heterocycles. The van der Waals surface area contributed by atoms with Gasteiger partial charge in [0.15, 0.2) is 0 Å². The van der Waals surface area contributed by atoms with Crippen LogP contribution in [0, 0.1) is 7.43 Å². The van der Waals surface area contributed by atoms with Crippen molar-refractivity contribution in [3.63, 3.8) is 0 Å². The van der Waals surface area contributed by atoms with Crippen LogP contribution in [0.1, 0.15) is 29.2 Å². The molecule has 0 radical (unpaired) electrons. The van der Waals surface area contributed by atoms with E-state index in [1.54, 1.807) is 30.3 Å². The summed E-state index contributed by atoms with van der Waals surface area (Å²) < 4.78 is 108. The normalized spacial score (nSPS) is 11.1. The molecule has 0 unspecified atom stereocenters. The molecule has 0 saturated carbocycles. The van der Waals surface area contributed by atoms with E-state index >= 15 is 0 Å². The molecule has 0 spiro atoms. The van der Waals surface area contributed by atoms with Crippen molar-refractivity contribution in [2.45, 2.75) is 19.3 Å². The zero-order valence-electron chi connectivity index (χ0n) is 31.6. The van der Waals surface area contributed by atoms with Gasteiger partial charge in [0.1, 0.15) is 27.8 Å². The molecule has 0 atom stereocenters. The van der Waals surface area contributed by atoms with E-state index in [-0.39, 0.29) is 63.0 Å². The number of rotatable bonds is 10. The molecule has 0 aliphatic rings. The van der Waals surface area contributed by atoms with E-state index in [0.29, 0.717) is 12.1 Å². The fourth-order valence-electron chi connectivity index (χ4n) is 4.01. The molecule has 0 fully saturated rings. The van der Waals surface area contributed by atoms with Gasteiger partial charge in [-0.2, -0.15) is 26.3 Å². The van der Waals surface area contributed by atoms with Gasteiger partial charge in [0.05, 0.1) is 52.1 Å². The number of carbonyl (C=O) groups is 2. The van der Waals surface area contributed by atoms with Gasteiger partial charge >= 0.3 is 89.1 Å². The van der Waals surface area contributed by atoms with Crippen LogP contribution in [-0.4, -0.2) is 54.8 Å². The number of halogens is 11. The van der Waals surface area contributed by atoms with Crippen molar-refractivity contribution in [3.8, 4) is 23.3 Å². The standard InChI is InChI=1S/C17H13ClF3NO4.C17H14F3NO4.C2H5I.CH3.3HI.V/c1-24-9-12(16(23)25-2)11-5-3-4-6-13(11)26-15-8-10(17(19,20)21)7-14(18)22-15;1-23-10-13(16(22)24-2)12-5-3-4-6-14(12)25-15-9-11(7-8-21-15)17(18,19)20;1-2-3;;;;;/h3-9H,1-2H3;3-10H,1-2H3;2H2,1H3;1H3;3*1H;/q;;;-1;;;;+3/p-3/b12-9+;13-10+;;;;;;. The van der Waals surface area contributed by atoms with Crippen LogP contribution in [0.4, 0.5) is 26.3 Å². The van der Waals surface area contributed by atoms with Gasteiger partial charge in [-0.05, 0) is 28.7 Å². The van der Waals surface area contributed by atoms with Gasteiger partial charge < -0.3 is 35.8 Å². The van der Waals surface area contributed by atoms with Crippen LogP contribution in [0.2, 0.25) is 5.15 Å². The van der Waals surface area contributed by atoms with Crippen molar-refractivity contribution in [1.82, 2.24) is 9.97 Å². The van der Waals surface area contributed by atoms with Crippen LogP contribution in [0.25, 0.3) is 11.1 Å². The molecule has 4 aromatic rings. The summed E-state index contributed by atoms with van der Waals surface area (Å²) in [6, 6.07) is 15.4. The number of ether oxygens (including phenoxy) is 6. The number of para-hydroxylation sites is 2. The zero-order valence-corrected chi connectivity index (χ0v) is 42.4. The molecule has 2 aromatic carbocycles. The number of hydrogen-bond donors (Lipinski definition) is 0. The first-order valence-corrected chi connectivity index (χ1v) is 31.0. The summed E-state index contributed by atoms with van der Waals surface area (Å²) in [5.41, 5.74) is -1.30. The monoisotopic (exact) mass is 1340 g/mol. The maximum atomic E-state index is 12.9. The minimum atomic E-state index is -4.61. The third-order valence-electron chi connectivity index (χ3n) is 6.23. The number of hydrogen-bond acceptors (Lipinski definition) is 10. The number of alkyl halides is 7. The summed E-state index contributed by atoms with van der Waals surface area (Å²) in [6.45, 7) is 2.11. The van der Waals surface area contributed by atoms with Crippen molar-refractivity contribution in [3.05, 3.63) is 126 Å². The van der Waals surface area contributed by atoms with Crippen LogP contribution in [0.15, 0.2) is 91.5 Å². The van der Waals surface area contributed by atoms with Crippen LogP contribution < -0.4 is 9.47 Å². The Labute approximate surface area is 394 Å². The average molecular weight is 1340 g/mol. The van der Waals surface area contributed by atoms with E-state index in [1.165, 1.54) is 51.1 Å². The van der Waals surface area contributed by atoms with Crippen molar-refractivity contribution in [2.75, 3.05) is 32.9 Å². The van der Waals surface area contributed by atoms with Gasteiger partial charge in [0, 0.05) is 29.5 Å². The van der Waals surface area contributed by atoms with Crippen LogP contribution >= 0.6 is 94.1 Å². The Kier molecular flexibility index (Phi) is 28.0. The van der Waals surface area contributed by atoms with Crippen molar-refractivity contribution in [1.29, 1.82) is 0 Å². The first-order chi connectivity index (χ1) is 27.3. The number of carbonyl (C=O) groups excluding carboxylic acids is 2. The predicted octanol–water partition coefficient (Wildman–Crippen LogP) is 13.3. The predicted molar refractivity (Wildman–Crippen MR) is 244 cm³/mol. The second-order valence-electron chi connectivity index (χ2n) is 10.1. The van der Waals surface area contributed by atoms with Gasteiger partial charge in [0.25, 0.3) is 0 Å². The average Bonchev–Trinajstić information content (AvgIpc) is 3.16. The summed E-state index contributed by atoms with van der Waals surface area (Å²) in [5.74, 6) is -1.83. The fraction of sp³-hybridized carbons (Fsp3) is 0.216. The maximum absolute atomic E-state index is 12.9. The first-order valence-electron chi connectivity index (χ1n) is 15.6.